The Balaban J connectivity index is 1.81. The molecule has 0 amide bonds. The molecule has 0 aliphatic heterocycles. The lowest BCUT2D eigenvalue weighted by molar-refractivity contribution is 0.526. The molecule has 1 aromatic carbocycles. The van der Waals surface area contributed by atoms with Crippen LogP contribution < -0.4 is 0 Å². The molecule has 0 unspecified atom stereocenters. The fourth-order valence-corrected chi connectivity index (χ4v) is 8.95. The van der Waals surface area contributed by atoms with E-state index in [2.05, 4.69) is 38.1 Å². The smallest absolute Gasteiger partial charge is 0.00892 e. The Morgan fingerprint density at radius 3 is 0.750 bits per heavy atom. The minimum absolute atomic E-state index is 1.26. The van der Waals surface area contributed by atoms with Crippen LogP contribution >= 0.6 is 23.5 Å². The summed E-state index contributed by atoms with van der Waals surface area (Å²) < 4.78 is 0. The zero-order valence-corrected chi connectivity index (χ0v) is 34.6. The van der Waals surface area contributed by atoms with E-state index in [4.69, 9.17) is 0 Å². The molecule has 48 heavy (non-hydrogen) atoms. The standard InChI is InChI=1S/C46H85S2/c1-3-5-7-9-11-13-15-17-19-21-23-25-27-29-31-33-35-37-42-47-45-40-39-41-46(44-45)48-43-38-36-34-32-30-28-26-24-22-20-18-16-14-12-10-8-6-4-2/h40-41,44H,3-38,42-43H2,1-2H3. The molecule has 281 valence electrons. The van der Waals surface area contributed by atoms with Crippen LogP contribution in [0.15, 0.2) is 28.0 Å². The third kappa shape index (κ3) is 34.4. The fraction of sp³-hybridized carbons (Fsp3) is 0.870. The molecule has 0 saturated carbocycles. The summed E-state index contributed by atoms with van der Waals surface area (Å²) >= 11 is 4.09. The first-order valence-corrected chi connectivity index (χ1v) is 24.1. The van der Waals surface area contributed by atoms with Crippen molar-refractivity contribution in [1.29, 1.82) is 0 Å². The molecule has 0 heterocycles. The third-order valence-electron chi connectivity index (χ3n) is 10.3. The van der Waals surface area contributed by atoms with Crippen LogP contribution in [0.2, 0.25) is 0 Å². The van der Waals surface area contributed by atoms with Crippen LogP contribution in [0.5, 0.6) is 0 Å². The van der Waals surface area contributed by atoms with E-state index in [9.17, 15) is 0 Å². The third-order valence-corrected chi connectivity index (χ3v) is 12.4. The molecule has 0 spiro atoms. The molecule has 0 saturated heterocycles. The van der Waals surface area contributed by atoms with Gasteiger partial charge in [-0.3, -0.25) is 0 Å². The molecule has 0 nitrogen and oxygen atoms in total. The molecule has 2 heteroatoms. The lowest BCUT2D eigenvalue weighted by Gasteiger charge is -2.06. The summed E-state index contributed by atoms with van der Waals surface area (Å²) in [5.74, 6) is 2.53. The van der Waals surface area contributed by atoms with Gasteiger partial charge in [-0.25, -0.2) is 0 Å². The highest BCUT2D eigenvalue weighted by Gasteiger charge is 2.01. The Morgan fingerprint density at radius 1 is 0.312 bits per heavy atom. The number of thioether (sulfide) groups is 2. The van der Waals surface area contributed by atoms with Gasteiger partial charge in [-0.1, -0.05) is 232 Å². The summed E-state index contributed by atoms with van der Waals surface area (Å²) in [5, 5.41) is 0. The van der Waals surface area contributed by atoms with Crippen LogP contribution in [-0.2, 0) is 0 Å². The van der Waals surface area contributed by atoms with E-state index >= 15 is 0 Å². The van der Waals surface area contributed by atoms with Gasteiger partial charge >= 0.3 is 0 Å². The number of unbranched alkanes of at least 4 members (excludes halogenated alkanes) is 34. The minimum atomic E-state index is 1.26. The average molecular weight is 702 g/mol. The highest BCUT2D eigenvalue weighted by Crippen LogP contribution is 2.27. The van der Waals surface area contributed by atoms with E-state index in [0.29, 0.717) is 0 Å². The topological polar surface area (TPSA) is 0 Å². The number of hydrogen-bond donors (Lipinski definition) is 0. The number of hydrogen-bond acceptors (Lipinski definition) is 2. The zero-order chi connectivity index (χ0) is 34.3. The summed E-state index contributed by atoms with van der Waals surface area (Å²) in [7, 11) is 0. The second kappa shape index (κ2) is 39.7. The Kier molecular flexibility index (Phi) is 38.0. The van der Waals surface area contributed by atoms with Gasteiger partial charge in [0.2, 0.25) is 0 Å². The molecule has 0 aromatic heterocycles. The van der Waals surface area contributed by atoms with Crippen molar-refractivity contribution in [3.05, 3.63) is 24.3 Å². The van der Waals surface area contributed by atoms with Crippen molar-refractivity contribution in [2.24, 2.45) is 0 Å². The van der Waals surface area contributed by atoms with Gasteiger partial charge in [0.15, 0.2) is 0 Å². The van der Waals surface area contributed by atoms with Crippen molar-refractivity contribution in [3.63, 3.8) is 0 Å². The van der Waals surface area contributed by atoms with E-state index in [1.165, 1.54) is 252 Å². The summed E-state index contributed by atoms with van der Waals surface area (Å²) in [5.41, 5.74) is 0. The van der Waals surface area contributed by atoms with Crippen molar-refractivity contribution in [1.82, 2.24) is 0 Å². The zero-order valence-electron chi connectivity index (χ0n) is 32.9. The highest BCUT2D eigenvalue weighted by molar-refractivity contribution is 8.00. The van der Waals surface area contributed by atoms with Gasteiger partial charge in [0, 0.05) is 9.79 Å². The average Bonchev–Trinajstić information content (AvgIpc) is 3.10. The Hall–Kier alpha value is -0.0800. The summed E-state index contributed by atoms with van der Waals surface area (Å²) in [4.78, 5) is 2.84. The number of benzene rings is 1. The predicted molar refractivity (Wildman–Crippen MR) is 224 cm³/mol. The van der Waals surface area contributed by atoms with Crippen LogP contribution in [0.25, 0.3) is 0 Å². The Morgan fingerprint density at radius 2 is 0.521 bits per heavy atom. The summed E-state index contributed by atoms with van der Waals surface area (Å²) in [6, 6.07) is 10.2. The maximum absolute atomic E-state index is 3.41. The van der Waals surface area contributed by atoms with E-state index < -0.39 is 0 Å². The first-order valence-electron chi connectivity index (χ1n) is 22.1. The van der Waals surface area contributed by atoms with Gasteiger partial charge in [-0.15, -0.1) is 23.5 Å². The fourth-order valence-electron chi connectivity index (χ4n) is 6.98. The molecule has 1 rings (SSSR count). The predicted octanol–water partition coefficient (Wildman–Crippen LogP) is 17.8. The van der Waals surface area contributed by atoms with E-state index in [-0.39, 0.29) is 0 Å². The summed E-state index contributed by atoms with van der Waals surface area (Å²) in [6.07, 6.45) is 52.2. The lowest BCUT2D eigenvalue weighted by atomic mass is 10.0. The Bertz CT molecular complexity index is 673. The number of rotatable bonds is 40. The van der Waals surface area contributed by atoms with E-state index in [1.807, 2.05) is 23.5 Å². The van der Waals surface area contributed by atoms with Crippen molar-refractivity contribution in [2.75, 3.05) is 11.5 Å². The van der Waals surface area contributed by atoms with Gasteiger partial charge in [0.25, 0.3) is 0 Å². The van der Waals surface area contributed by atoms with Crippen molar-refractivity contribution >= 4 is 23.5 Å². The molecule has 0 atom stereocenters. The van der Waals surface area contributed by atoms with Crippen LogP contribution in [0.4, 0.5) is 0 Å². The lowest BCUT2D eigenvalue weighted by Crippen LogP contribution is -1.86. The minimum Gasteiger partial charge on any atom is -0.126 e. The Labute approximate surface area is 312 Å². The van der Waals surface area contributed by atoms with Crippen molar-refractivity contribution in [2.45, 2.75) is 255 Å². The molecule has 1 radical (unpaired) electrons. The van der Waals surface area contributed by atoms with Crippen LogP contribution in [-0.4, -0.2) is 11.5 Å². The quantitative estimate of drug-likeness (QED) is 0.0493. The first kappa shape index (κ1) is 45.9. The maximum Gasteiger partial charge on any atom is 0.00892 e. The van der Waals surface area contributed by atoms with Crippen LogP contribution in [0.1, 0.15) is 245 Å². The van der Waals surface area contributed by atoms with Gasteiger partial charge in [0.1, 0.15) is 0 Å². The molecular weight excluding hydrogens is 617 g/mol. The normalized spacial score (nSPS) is 11.5. The SMILES string of the molecule is CCCCCCCCCCCCCCCCCCCCSc1c[c]cc(SCCCCCCCCCCCCCCCCCCCC)c1. The second-order valence-electron chi connectivity index (χ2n) is 15.1. The summed E-state index contributed by atoms with van der Waals surface area (Å²) in [6.45, 7) is 4.61. The van der Waals surface area contributed by atoms with Gasteiger partial charge < -0.3 is 0 Å². The van der Waals surface area contributed by atoms with Gasteiger partial charge in [0.05, 0.1) is 0 Å². The maximum atomic E-state index is 3.41. The molecule has 1 aromatic rings. The second-order valence-corrected chi connectivity index (χ2v) is 17.5. The molecule has 0 bridgehead atoms. The van der Waals surface area contributed by atoms with Gasteiger partial charge in [-0.05, 0) is 48.6 Å². The largest absolute Gasteiger partial charge is 0.126 e. The molecule has 0 fully saturated rings. The highest BCUT2D eigenvalue weighted by atomic mass is 32.2. The van der Waals surface area contributed by atoms with Crippen molar-refractivity contribution in [3.8, 4) is 0 Å². The molecular formula is C46H85S2. The monoisotopic (exact) mass is 702 g/mol. The molecule has 0 aliphatic carbocycles. The van der Waals surface area contributed by atoms with Crippen LogP contribution in [0.3, 0.4) is 0 Å². The molecule has 0 N–H and O–H groups in total. The van der Waals surface area contributed by atoms with E-state index in [1.54, 1.807) is 0 Å². The van der Waals surface area contributed by atoms with Gasteiger partial charge in [-0.2, -0.15) is 0 Å². The first-order chi connectivity index (χ1) is 23.9. The van der Waals surface area contributed by atoms with Crippen LogP contribution in [0, 0.1) is 6.07 Å². The molecule has 0 aliphatic rings. The van der Waals surface area contributed by atoms with E-state index in [0.717, 1.165) is 0 Å². The van der Waals surface area contributed by atoms with Crippen molar-refractivity contribution < 1.29 is 0 Å².